The molecular formula is C21H21NO5. The van der Waals surface area contributed by atoms with Crippen molar-refractivity contribution in [1.82, 2.24) is 0 Å². The number of rotatable bonds is 4. The molecule has 140 valence electrons. The number of quaternary nitrogens is 1. The van der Waals surface area contributed by atoms with E-state index in [1.165, 1.54) is 0 Å². The van der Waals surface area contributed by atoms with Gasteiger partial charge in [-0.1, -0.05) is 48.5 Å². The molecule has 1 aliphatic heterocycles. The first kappa shape index (κ1) is 17.7. The Kier molecular flexibility index (Phi) is 4.45. The first-order valence-electron chi connectivity index (χ1n) is 9.03. The highest BCUT2D eigenvalue weighted by Crippen LogP contribution is 2.44. The second-order valence-corrected chi connectivity index (χ2v) is 7.24. The van der Waals surface area contributed by atoms with Crippen LogP contribution in [0.4, 0.5) is 0 Å². The third-order valence-electron chi connectivity index (χ3n) is 5.53. The van der Waals surface area contributed by atoms with Gasteiger partial charge in [-0.3, -0.25) is 0 Å². The second-order valence-electron chi connectivity index (χ2n) is 7.24. The first-order chi connectivity index (χ1) is 13.0. The Morgan fingerprint density at radius 1 is 1.11 bits per heavy atom. The summed E-state index contributed by atoms with van der Waals surface area (Å²) in [5.74, 6) is -1.86. The normalized spacial score (nSPS) is 24.1. The van der Waals surface area contributed by atoms with Gasteiger partial charge in [-0.25, -0.2) is 4.79 Å². The number of hydrogen-bond acceptors (Lipinski definition) is 5. The van der Waals surface area contributed by atoms with Gasteiger partial charge < -0.3 is 25.1 Å². The van der Waals surface area contributed by atoms with Crippen molar-refractivity contribution in [2.75, 3.05) is 13.2 Å². The second kappa shape index (κ2) is 6.79. The van der Waals surface area contributed by atoms with E-state index in [1.54, 1.807) is 0 Å². The van der Waals surface area contributed by atoms with E-state index >= 15 is 0 Å². The molecule has 2 aliphatic rings. The minimum atomic E-state index is -1.31. The van der Waals surface area contributed by atoms with E-state index in [2.05, 4.69) is 17.9 Å². The molecule has 1 saturated heterocycles. The van der Waals surface area contributed by atoms with Gasteiger partial charge in [-0.05, 0) is 22.3 Å². The van der Waals surface area contributed by atoms with E-state index in [0.717, 1.165) is 22.3 Å². The summed E-state index contributed by atoms with van der Waals surface area (Å²) in [4.78, 5) is 23.8. The lowest BCUT2D eigenvalue weighted by Crippen LogP contribution is -2.81. The molecule has 2 aromatic rings. The Balaban J connectivity index is 1.49. The average molecular weight is 367 g/mol. The maximum atomic E-state index is 12.5. The zero-order chi connectivity index (χ0) is 19.0. The van der Waals surface area contributed by atoms with Crippen LogP contribution in [-0.2, 0) is 19.1 Å². The SMILES string of the molecule is [NH3+][C@@]1(C(=O)[O-])CCO[C@H](C(=O)OCC2c3ccccc3-c3ccccc32)C1. The van der Waals surface area contributed by atoms with Gasteiger partial charge >= 0.3 is 5.97 Å². The van der Waals surface area contributed by atoms with Crippen molar-refractivity contribution in [3.63, 3.8) is 0 Å². The Morgan fingerprint density at radius 2 is 1.70 bits per heavy atom. The third-order valence-corrected chi connectivity index (χ3v) is 5.53. The van der Waals surface area contributed by atoms with Crippen LogP contribution in [0.3, 0.4) is 0 Å². The van der Waals surface area contributed by atoms with E-state index in [0.29, 0.717) is 0 Å². The lowest BCUT2D eigenvalue weighted by atomic mass is 9.88. The van der Waals surface area contributed by atoms with Crippen LogP contribution >= 0.6 is 0 Å². The topological polar surface area (TPSA) is 103 Å². The lowest BCUT2D eigenvalue weighted by molar-refractivity contribution is -0.497. The van der Waals surface area contributed by atoms with Crippen molar-refractivity contribution in [3.05, 3.63) is 59.7 Å². The molecule has 0 bridgehead atoms. The van der Waals surface area contributed by atoms with Crippen LogP contribution in [-0.4, -0.2) is 36.8 Å². The summed E-state index contributed by atoms with van der Waals surface area (Å²) in [5, 5.41) is 11.3. The zero-order valence-corrected chi connectivity index (χ0v) is 14.9. The van der Waals surface area contributed by atoms with Crippen LogP contribution in [0, 0.1) is 0 Å². The molecule has 0 saturated carbocycles. The van der Waals surface area contributed by atoms with Crippen molar-refractivity contribution >= 4 is 11.9 Å². The van der Waals surface area contributed by atoms with Crippen LogP contribution in [0.15, 0.2) is 48.5 Å². The summed E-state index contributed by atoms with van der Waals surface area (Å²) >= 11 is 0. The quantitative estimate of drug-likeness (QED) is 0.781. The minimum absolute atomic E-state index is 0.0357. The summed E-state index contributed by atoms with van der Waals surface area (Å²) < 4.78 is 11.0. The highest BCUT2D eigenvalue weighted by molar-refractivity contribution is 5.81. The van der Waals surface area contributed by atoms with Gasteiger partial charge in [0.15, 0.2) is 6.10 Å². The zero-order valence-electron chi connectivity index (χ0n) is 14.9. The van der Waals surface area contributed by atoms with Crippen LogP contribution in [0.25, 0.3) is 11.1 Å². The van der Waals surface area contributed by atoms with E-state index in [4.69, 9.17) is 9.47 Å². The van der Waals surface area contributed by atoms with Crippen molar-refractivity contribution in [2.45, 2.75) is 30.4 Å². The number of ether oxygens (including phenoxy) is 2. The van der Waals surface area contributed by atoms with Crippen LogP contribution in [0.2, 0.25) is 0 Å². The van der Waals surface area contributed by atoms with Gasteiger partial charge in [-0.15, -0.1) is 0 Å². The maximum absolute atomic E-state index is 12.5. The molecule has 2 aromatic carbocycles. The summed E-state index contributed by atoms with van der Waals surface area (Å²) in [6, 6.07) is 16.2. The molecule has 0 unspecified atom stereocenters. The van der Waals surface area contributed by atoms with Crippen molar-refractivity contribution in [3.8, 4) is 11.1 Å². The molecule has 1 heterocycles. The fraction of sp³-hybridized carbons (Fsp3) is 0.333. The predicted octanol–water partition coefficient (Wildman–Crippen LogP) is 0.252. The maximum Gasteiger partial charge on any atom is 0.335 e. The largest absolute Gasteiger partial charge is 0.544 e. The smallest absolute Gasteiger partial charge is 0.335 e. The Labute approximate surface area is 156 Å². The van der Waals surface area contributed by atoms with E-state index < -0.39 is 23.6 Å². The van der Waals surface area contributed by atoms with Gasteiger partial charge in [0.25, 0.3) is 0 Å². The molecule has 6 nitrogen and oxygen atoms in total. The predicted molar refractivity (Wildman–Crippen MR) is 94.3 cm³/mol. The Bertz CT molecular complexity index is 850. The van der Waals surface area contributed by atoms with Crippen molar-refractivity contribution < 1.29 is 29.9 Å². The number of carboxylic acids is 1. The number of fused-ring (bicyclic) bond motifs is 3. The van der Waals surface area contributed by atoms with Crippen LogP contribution in [0.1, 0.15) is 29.9 Å². The molecule has 0 aromatic heterocycles. The van der Waals surface area contributed by atoms with Gasteiger partial charge in [0.05, 0.1) is 6.61 Å². The molecule has 2 atom stereocenters. The molecule has 3 N–H and O–H groups in total. The van der Waals surface area contributed by atoms with Gasteiger partial charge in [0.1, 0.15) is 18.1 Å². The number of carboxylic acid groups (broad SMARTS) is 1. The summed E-state index contributed by atoms with van der Waals surface area (Å²) in [6.07, 6.45) is -0.741. The van der Waals surface area contributed by atoms with Gasteiger partial charge in [-0.2, -0.15) is 0 Å². The number of carbonyl (C=O) groups is 2. The van der Waals surface area contributed by atoms with E-state index in [9.17, 15) is 14.7 Å². The van der Waals surface area contributed by atoms with E-state index in [-0.39, 0.29) is 32.0 Å². The Hall–Kier alpha value is -2.70. The number of benzene rings is 2. The molecule has 27 heavy (non-hydrogen) atoms. The molecule has 0 spiro atoms. The third kappa shape index (κ3) is 3.11. The fourth-order valence-corrected chi connectivity index (χ4v) is 3.95. The summed E-state index contributed by atoms with van der Waals surface area (Å²) in [6.45, 7) is 0.328. The van der Waals surface area contributed by atoms with Crippen LogP contribution < -0.4 is 10.8 Å². The number of hydrogen-bond donors (Lipinski definition) is 1. The van der Waals surface area contributed by atoms with Gasteiger partial charge in [0, 0.05) is 18.8 Å². The molecule has 0 radical (unpaired) electrons. The molecule has 0 amide bonds. The highest BCUT2D eigenvalue weighted by atomic mass is 16.6. The molecule has 1 aliphatic carbocycles. The van der Waals surface area contributed by atoms with E-state index in [1.807, 2.05) is 36.4 Å². The minimum Gasteiger partial charge on any atom is -0.544 e. The highest BCUT2D eigenvalue weighted by Gasteiger charge is 2.42. The molecule has 4 rings (SSSR count). The summed E-state index contributed by atoms with van der Waals surface area (Å²) in [7, 11) is 0. The van der Waals surface area contributed by atoms with Crippen molar-refractivity contribution in [2.24, 2.45) is 0 Å². The number of esters is 1. The fourth-order valence-electron chi connectivity index (χ4n) is 3.95. The Morgan fingerprint density at radius 3 is 2.30 bits per heavy atom. The van der Waals surface area contributed by atoms with Crippen molar-refractivity contribution in [1.29, 1.82) is 0 Å². The average Bonchev–Trinajstić information content (AvgIpc) is 3.00. The number of carbonyl (C=O) groups excluding carboxylic acids is 2. The molecular weight excluding hydrogens is 346 g/mol. The summed E-state index contributed by atoms with van der Waals surface area (Å²) in [5.41, 5.74) is 6.94. The standard InChI is InChI=1S/C21H21NO5/c22-21(20(24)25)9-10-26-18(11-21)19(23)27-12-17-15-7-3-1-5-13(15)14-6-2-4-8-16(14)17/h1-8,17-18H,9-12,22H2,(H,24,25)/t18-,21-/m0/s1. The van der Waals surface area contributed by atoms with Gasteiger partial charge in [0.2, 0.25) is 0 Å². The van der Waals surface area contributed by atoms with Crippen LogP contribution in [0.5, 0.6) is 0 Å². The molecule has 1 fully saturated rings. The number of aliphatic carboxylic acids is 1. The molecule has 6 heteroatoms. The lowest BCUT2D eigenvalue weighted by Gasteiger charge is -2.34. The monoisotopic (exact) mass is 367 g/mol. The first-order valence-corrected chi connectivity index (χ1v) is 9.03.